The molecule has 3 aromatic rings. The molecule has 1 atom stereocenters. The number of hydrogen-bond donors (Lipinski definition) is 0. The third kappa shape index (κ3) is 5.55. The fourth-order valence-electron chi connectivity index (χ4n) is 4.74. The van der Waals surface area contributed by atoms with Crippen molar-refractivity contribution in [3.8, 4) is 11.5 Å². The summed E-state index contributed by atoms with van der Waals surface area (Å²) in [5.74, 6) is 1.57. The number of rotatable bonds is 11. The zero-order chi connectivity index (χ0) is 26.7. The van der Waals surface area contributed by atoms with Crippen LogP contribution in [0.3, 0.4) is 0 Å². The number of methoxy groups -OCH3 is 1. The largest absolute Gasteiger partial charge is 0.493 e. The molecule has 1 unspecified atom stereocenters. The van der Waals surface area contributed by atoms with Gasteiger partial charge in [0.25, 0.3) is 5.91 Å². The summed E-state index contributed by atoms with van der Waals surface area (Å²) in [5.41, 5.74) is 1.35. The van der Waals surface area contributed by atoms with Crippen LogP contribution in [0.2, 0.25) is 0 Å². The van der Waals surface area contributed by atoms with Crippen LogP contribution in [0.25, 0.3) is 11.0 Å². The van der Waals surface area contributed by atoms with E-state index in [1.807, 2.05) is 18.2 Å². The lowest BCUT2D eigenvalue weighted by molar-refractivity contribution is 0.0708. The van der Waals surface area contributed by atoms with Crippen molar-refractivity contribution in [2.75, 3.05) is 39.9 Å². The van der Waals surface area contributed by atoms with Crippen LogP contribution in [-0.2, 0) is 0 Å². The van der Waals surface area contributed by atoms with Gasteiger partial charge in [0.15, 0.2) is 16.9 Å². The van der Waals surface area contributed by atoms with E-state index in [9.17, 15) is 9.59 Å². The molecule has 0 saturated carbocycles. The Balaban J connectivity index is 1.81. The molecular formula is C29H35BrN2O5. The van der Waals surface area contributed by atoms with E-state index in [4.69, 9.17) is 13.9 Å². The van der Waals surface area contributed by atoms with Crippen LogP contribution in [0.5, 0.6) is 11.5 Å². The summed E-state index contributed by atoms with van der Waals surface area (Å²) < 4.78 is 18.5. The van der Waals surface area contributed by atoms with Crippen LogP contribution >= 0.6 is 15.9 Å². The first-order chi connectivity index (χ1) is 17.8. The fraction of sp³-hybridized carbons (Fsp3) is 0.448. The van der Waals surface area contributed by atoms with Gasteiger partial charge in [-0.2, -0.15) is 0 Å². The molecule has 0 aliphatic carbocycles. The van der Waals surface area contributed by atoms with Gasteiger partial charge in [-0.05, 0) is 61.3 Å². The number of likely N-dealkylation sites (N-methyl/N-ethyl adjacent to an activating group) is 1. The first-order valence-electron chi connectivity index (χ1n) is 12.9. The van der Waals surface area contributed by atoms with Gasteiger partial charge in [-0.3, -0.25) is 9.59 Å². The van der Waals surface area contributed by atoms with Crippen LogP contribution in [0.4, 0.5) is 0 Å². The van der Waals surface area contributed by atoms with Crippen LogP contribution in [0, 0.1) is 5.92 Å². The van der Waals surface area contributed by atoms with E-state index < -0.39 is 6.04 Å². The molecule has 2 aromatic carbocycles. The Bertz CT molecular complexity index is 1330. The van der Waals surface area contributed by atoms with Gasteiger partial charge in [-0.1, -0.05) is 49.7 Å². The molecule has 8 heteroatoms. The van der Waals surface area contributed by atoms with Crippen molar-refractivity contribution >= 4 is 32.8 Å². The Labute approximate surface area is 226 Å². The molecule has 0 bridgehead atoms. The zero-order valence-corrected chi connectivity index (χ0v) is 23.8. The summed E-state index contributed by atoms with van der Waals surface area (Å²) in [7, 11) is 1.60. The molecule has 1 aromatic heterocycles. The quantitative estimate of drug-likeness (QED) is 0.287. The second-order valence-corrected chi connectivity index (χ2v) is 10.6. The normalized spacial score (nSPS) is 15.2. The number of carbonyl (C=O) groups is 1. The van der Waals surface area contributed by atoms with E-state index in [0.29, 0.717) is 53.6 Å². The van der Waals surface area contributed by atoms with Crippen molar-refractivity contribution in [1.82, 2.24) is 9.80 Å². The lowest BCUT2D eigenvalue weighted by Gasteiger charge is -2.28. The minimum absolute atomic E-state index is 0.112. The Morgan fingerprint density at radius 1 is 1.08 bits per heavy atom. The number of benzene rings is 2. The highest BCUT2D eigenvalue weighted by atomic mass is 79.9. The van der Waals surface area contributed by atoms with E-state index in [1.54, 1.807) is 30.2 Å². The van der Waals surface area contributed by atoms with Gasteiger partial charge >= 0.3 is 0 Å². The molecule has 1 aliphatic rings. The summed E-state index contributed by atoms with van der Waals surface area (Å²) in [5, 5.41) is 0.442. The van der Waals surface area contributed by atoms with Gasteiger partial charge in [0.05, 0.1) is 30.7 Å². The average molecular weight is 572 g/mol. The maximum Gasteiger partial charge on any atom is 0.290 e. The first-order valence-corrected chi connectivity index (χ1v) is 13.7. The number of hydrogen-bond acceptors (Lipinski definition) is 6. The summed E-state index contributed by atoms with van der Waals surface area (Å²) in [4.78, 5) is 31.5. The lowest BCUT2D eigenvalue weighted by Crippen LogP contribution is -2.37. The molecule has 2 heterocycles. The highest BCUT2D eigenvalue weighted by Crippen LogP contribution is 2.41. The standard InChI is InChI=1S/C29H35BrN2O5/c1-6-31(7-2)13-14-32-26(19-8-10-23(24(16-19)35-5)36-15-12-18(3)4)25-27(33)21-17-20(30)9-11-22(21)37-28(25)29(32)34/h8-11,16-18,26H,6-7,12-15H2,1-5H3. The summed E-state index contributed by atoms with van der Waals surface area (Å²) in [6.07, 6.45) is 0.929. The molecule has 1 aliphatic heterocycles. The number of ether oxygens (including phenoxy) is 2. The first kappa shape index (κ1) is 27.2. The molecule has 37 heavy (non-hydrogen) atoms. The monoisotopic (exact) mass is 570 g/mol. The van der Waals surface area contributed by atoms with Crippen molar-refractivity contribution in [2.45, 2.75) is 40.2 Å². The number of amides is 1. The molecule has 0 saturated heterocycles. The fourth-order valence-corrected chi connectivity index (χ4v) is 5.10. The van der Waals surface area contributed by atoms with Gasteiger partial charge < -0.3 is 23.7 Å². The maximum absolute atomic E-state index is 13.8. The highest BCUT2D eigenvalue weighted by Gasteiger charge is 2.43. The van der Waals surface area contributed by atoms with Gasteiger partial charge in [0, 0.05) is 17.6 Å². The second kappa shape index (κ2) is 11.7. The second-order valence-electron chi connectivity index (χ2n) is 9.68. The third-order valence-corrected chi connectivity index (χ3v) is 7.43. The SMILES string of the molecule is CCN(CC)CCN1C(=O)c2oc3ccc(Br)cc3c(=O)c2C1c1ccc(OCCC(C)C)c(OC)c1. The molecule has 4 rings (SSSR count). The zero-order valence-electron chi connectivity index (χ0n) is 22.2. The van der Waals surface area contributed by atoms with Gasteiger partial charge in [-0.15, -0.1) is 0 Å². The van der Waals surface area contributed by atoms with E-state index in [0.717, 1.165) is 29.5 Å². The predicted octanol–water partition coefficient (Wildman–Crippen LogP) is 5.88. The predicted molar refractivity (Wildman–Crippen MR) is 149 cm³/mol. The highest BCUT2D eigenvalue weighted by molar-refractivity contribution is 9.10. The molecule has 0 radical (unpaired) electrons. The van der Waals surface area contributed by atoms with Crippen molar-refractivity contribution in [1.29, 1.82) is 0 Å². The Hall–Kier alpha value is -2.84. The van der Waals surface area contributed by atoms with E-state index in [2.05, 4.69) is 48.5 Å². The molecule has 7 nitrogen and oxygen atoms in total. The smallest absolute Gasteiger partial charge is 0.290 e. The Morgan fingerprint density at radius 3 is 2.51 bits per heavy atom. The van der Waals surface area contributed by atoms with Gasteiger partial charge in [0.2, 0.25) is 5.76 Å². The Kier molecular flexibility index (Phi) is 8.60. The minimum atomic E-state index is -0.587. The minimum Gasteiger partial charge on any atom is -0.493 e. The Morgan fingerprint density at radius 2 is 1.84 bits per heavy atom. The number of fused-ring (bicyclic) bond motifs is 2. The van der Waals surface area contributed by atoms with Crippen LogP contribution < -0.4 is 14.9 Å². The summed E-state index contributed by atoms with van der Waals surface area (Å²) in [6.45, 7) is 12.0. The molecule has 0 spiro atoms. The number of halogens is 1. The van der Waals surface area contributed by atoms with Crippen molar-refractivity contribution in [2.24, 2.45) is 5.92 Å². The number of nitrogens with zero attached hydrogens (tertiary/aromatic N) is 2. The lowest BCUT2D eigenvalue weighted by atomic mass is 9.98. The van der Waals surface area contributed by atoms with Crippen molar-refractivity contribution in [3.05, 3.63) is 68.0 Å². The van der Waals surface area contributed by atoms with E-state index in [-0.39, 0.29) is 17.1 Å². The molecule has 0 fully saturated rings. The van der Waals surface area contributed by atoms with Crippen molar-refractivity contribution < 1.29 is 18.7 Å². The summed E-state index contributed by atoms with van der Waals surface area (Å²) >= 11 is 3.45. The van der Waals surface area contributed by atoms with Crippen molar-refractivity contribution in [3.63, 3.8) is 0 Å². The maximum atomic E-state index is 13.8. The van der Waals surface area contributed by atoms with Crippen LogP contribution in [0.1, 0.15) is 61.8 Å². The van der Waals surface area contributed by atoms with Gasteiger partial charge in [-0.25, -0.2) is 0 Å². The van der Waals surface area contributed by atoms with E-state index >= 15 is 0 Å². The molecule has 1 amide bonds. The molecule has 198 valence electrons. The van der Waals surface area contributed by atoms with Crippen LogP contribution in [-0.4, -0.2) is 55.6 Å². The number of carbonyl (C=O) groups excluding carboxylic acids is 1. The topological polar surface area (TPSA) is 72.2 Å². The molecule has 0 N–H and O–H groups in total. The van der Waals surface area contributed by atoms with Gasteiger partial charge in [0.1, 0.15) is 5.58 Å². The van der Waals surface area contributed by atoms with E-state index in [1.165, 1.54) is 0 Å². The summed E-state index contributed by atoms with van der Waals surface area (Å²) in [6, 6.07) is 10.3. The molecular weight excluding hydrogens is 536 g/mol. The third-order valence-electron chi connectivity index (χ3n) is 6.94. The average Bonchev–Trinajstić information content (AvgIpc) is 3.16. The van der Waals surface area contributed by atoms with Crippen LogP contribution in [0.15, 0.2) is 50.1 Å².